The number of halogens is 1. The van der Waals surface area contributed by atoms with Crippen LogP contribution in [0.25, 0.3) is 0 Å². The molecule has 0 bridgehead atoms. The van der Waals surface area contributed by atoms with Gasteiger partial charge in [-0.2, -0.15) is 0 Å². The molecule has 0 aliphatic rings. The third-order valence-corrected chi connectivity index (χ3v) is 1.74. The van der Waals surface area contributed by atoms with Crippen LogP contribution < -0.4 is 10.5 Å². The molecular weight excluding hydrogens is 185 g/mol. The van der Waals surface area contributed by atoms with Crippen LogP contribution in [0.3, 0.4) is 0 Å². The topological polar surface area (TPSA) is 55.5 Å². The number of benzene rings is 1. The molecule has 1 unspecified atom stereocenters. The second-order valence-electron chi connectivity index (χ2n) is 3.09. The Morgan fingerprint density at radius 1 is 1.57 bits per heavy atom. The van der Waals surface area contributed by atoms with Crippen LogP contribution in [0.4, 0.5) is 4.39 Å². The molecule has 1 aromatic carbocycles. The highest BCUT2D eigenvalue weighted by molar-refractivity contribution is 5.34. The van der Waals surface area contributed by atoms with E-state index in [0.717, 1.165) is 0 Å². The van der Waals surface area contributed by atoms with Gasteiger partial charge in [0.25, 0.3) is 0 Å². The van der Waals surface area contributed by atoms with E-state index in [2.05, 4.69) is 0 Å². The predicted octanol–water partition coefficient (Wildman–Crippen LogP) is 1.04. The van der Waals surface area contributed by atoms with E-state index in [4.69, 9.17) is 15.6 Å². The van der Waals surface area contributed by atoms with Crippen molar-refractivity contribution in [2.75, 3.05) is 6.61 Å². The van der Waals surface area contributed by atoms with Gasteiger partial charge in [0.15, 0.2) is 11.6 Å². The van der Waals surface area contributed by atoms with Gasteiger partial charge in [-0.1, -0.05) is 12.1 Å². The molecule has 0 spiro atoms. The summed E-state index contributed by atoms with van der Waals surface area (Å²) in [7, 11) is 0. The van der Waals surface area contributed by atoms with Gasteiger partial charge in [0.05, 0.1) is 6.10 Å². The van der Waals surface area contributed by atoms with Gasteiger partial charge < -0.3 is 15.6 Å². The number of para-hydroxylation sites is 1. The minimum absolute atomic E-state index is 0.0634. The summed E-state index contributed by atoms with van der Waals surface area (Å²) >= 11 is 0. The van der Waals surface area contributed by atoms with Crippen LogP contribution in [0.5, 0.6) is 5.75 Å². The molecule has 1 aromatic rings. The van der Waals surface area contributed by atoms with Crippen LogP contribution in [0.1, 0.15) is 12.5 Å². The van der Waals surface area contributed by atoms with Crippen molar-refractivity contribution in [3.8, 4) is 5.75 Å². The average Bonchev–Trinajstić information content (AvgIpc) is 2.15. The van der Waals surface area contributed by atoms with Crippen LogP contribution in [0.2, 0.25) is 0 Å². The van der Waals surface area contributed by atoms with Crippen molar-refractivity contribution in [3.05, 3.63) is 29.6 Å². The number of nitrogens with two attached hydrogens (primary N) is 1. The zero-order chi connectivity index (χ0) is 10.6. The Morgan fingerprint density at radius 2 is 2.29 bits per heavy atom. The van der Waals surface area contributed by atoms with Gasteiger partial charge in [0.2, 0.25) is 0 Å². The lowest BCUT2D eigenvalue weighted by Gasteiger charge is -2.12. The smallest absolute Gasteiger partial charge is 0.165 e. The van der Waals surface area contributed by atoms with E-state index in [1.807, 2.05) is 0 Å². The van der Waals surface area contributed by atoms with Crippen molar-refractivity contribution >= 4 is 0 Å². The van der Waals surface area contributed by atoms with Gasteiger partial charge in [-0.05, 0) is 13.0 Å². The fourth-order valence-electron chi connectivity index (χ4n) is 1.08. The van der Waals surface area contributed by atoms with Gasteiger partial charge in [0.1, 0.15) is 6.61 Å². The number of aliphatic hydroxyl groups is 1. The largest absolute Gasteiger partial charge is 0.487 e. The van der Waals surface area contributed by atoms with Crippen molar-refractivity contribution in [1.29, 1.82) is 0 Å². The molecule has 3 N–H and O–H groups in total. The van der Waals surface area contributed by atoms with Gasteiger partial charge in [-0.25, -0.2) is 4.39 Å². The zero-order valence-corrected chi connectivity index (χ0v) is 8.03. The maximum atomic E-state index is 13.2. The molecule has 1 atom stereocenters. The first-order valence-corrected chi connectivity index (χ1v) is 4.43. The SMILES string of the molecule is CC(O)COc1c(F)cccc1CN. The van der Waals surface area contributed by atoms with Crippen LogP contribution in [0.15, 0.2) is 18.2 Å². The lowest BCUT2D eigenvalue weighted by atomic mass is 10.2. The van der Waals surface area contributed by atoms with E-state index in [9.17, 15) is 4.39 Å². The maximum absolute atomic E-state index is 13.2. The average molecular weight is 199 g/mol. The number of ether oxygens (including phenoxy) is 1. The minimum atomic E-state index is -0.625. The molecular formula is C10H14FNO2. The van der Waals surface area contributed by atoms with Gasteiger partial charge in [-0.3, -0.25) is 0 Å². The summed E-state index contributed by atoms with van der Waals surface area (Å²) in [5, 5.41) is 8.99. The Kier molecular flexibility index (Phi) is 3.85. The fourth-order valence-corrected chi connectivity index (χ4v) is 1.08. The number of hydrogen-bond donors (Lipinski definition) is 2. The zero-order valence-electron chi connectivity index (χ0n) is 8.03. The highest BCUT2D eigenvalue weighted by atomic mass is 19.1. The third-order valence-electron chi connectivity index (χ3n) is 1.74. The van der Waals surface area contributed by atoms with Crippen LogP contribution in [0, 0.1) is 5.82 Å². The molecule has 0 saturated heterocycles. The van der Waals surface area contributed by atoms with E-state index in [1.165, 1.54) is 6.07 Å². The molecule has 0 heterocycles. The predicted molar refractivity (Wildman–Crippen MR) is 51.5 cm³/mol. The Labute approximate surface area is 82.3 Å². The Balaban J connectivity index is 2.82. The van der Waals surface area contributed by atoms with E-state index in [0.29, 0.717) is 5.56 Å². The highest BCUT2D eigenvalue weighted by Gasteiger charge is 2.09. The molecule has 14 heavy (non-hydrogen) atoms. The number of rotatable bonds is 4. The number of aliphatic hydroxyl groups excluding tert-OH is 1. The molecule has 4 heteroatoms. The van der Waals surface area contributed by atoms with Crippen LogP contribution >= 0.6 is 0 Å². The maximum Gasteiger partial charge on any atom is 0.165 e. The van der Waals surface area contributed by atoms with E-state index in [1.54, 1.807) is 19.1 Å². The van der Waals surface area contributed by atoms with E-state index in [-0.39, 0.29) is 18.9 Å². The first kappa shape index (κ1) is 10.9. The first-order valence-electron chi connectivity index (χ1n) is 4.43. The minimum Gasteiger partial charge on any atom is -0.487 e. The Bertz CT molecular complexity index is 302. The third kappa shape index (κ3) is 2.68. The molecule has 0 aliphatic heterocycles. The monoisotopic (exact) mass is 199 g/mol. The Morgan fingerprint density at radius 3 is 2.86 bits per heavy atom. The van der Waals surface area contributed by atoms with Crippen molar-refractivity contribution in [2.24, 2.45) is 5.73 Å². The molecule has 0 aliphatic carbocycles. The number of hydrogen-bond acceptors (Lipinski definition) is 3. The normalized spacial score (nSPS) is 12.6. The van der Waals surface area contributed by atoms with Gasteiger partial charge >= 0.3 is 0 Å². The van der Waals surface area contributed by atoms with Gasteiger partial charge in [-0.15, -0.1) is 0 Å². The molecule has 1 rings (SSSR count). The summed E-state index contributed by atoms with van der Waals surface area (Å²) in [5.74, 6) is -0.315. The Hall–Kier alpha value is -1.13. The molecule has 0 radical (unpaired) electrons. The van der Waals surface area contributed by atoms with Crippen molar-refractivity contribution < 1.29 is 14.2 Å². The molecule has 0 amide bonds. The summed E-state index contributed by atoms with van der Waals surface area (Å²) in [5.41, 5.74) is 6.02. The van der Waals surface area contributed by atoms with Crippen molar-refractivity contribution in [2.45, 2.75) is 19.6 Å². The molecule has 0 saturated carbocycles. The second kappa shape index (κ2) is 4.93. The standard InChI is InChI=1S/C10H14FNO2/c1-7(13)6-14-10-8(5-12)3-2-4-9(10)11/h2-4,7,13H,5-6,12H2,1H3. The fraction of sp³-hybridized carbons (Fsp3) is 0.400. The molecule has 0 fully saturated rings. The first-order chi connectivity index (χ1) is 6.65. The molecule has 78 valence electrons. The summed E-state index contributed by atoms with van der Waals surface area (Å²) in [4.78, 5) is 0. The van der Waals surface area contributed by atoms with Crippen LogP contribution in [-0.2, 0) is 6.54 Å². The van der Waals surface area contributed by atoms with Crippen molar-refractivity contribution in [3.63, 3.8) is 0 Å². The highest BCUT2D eigenvalue weighted by Crippen LogP contribution is 2.22. The lowest BCUT2D eigenvalue weighted by molar-refractivity contribution is 0.119. The summed E-state index contributed by atoms with van der Waals surface area (Å²) in [6.45, 7) is 1.85. The molecule has 0 aromatic heterocycles. The van der Waals surface area contributed by atoms with Crippen LogP contribution in [-0.4, -0.2) is 17.8 Å². The van der Waals surface area contributed by atoms with Gasteiger partial charge in [0, 0.05) is 12.1 Å². The summed E-state index contributed by atoms with van der Waals surface area (Å²) < 4.78 is 18.3. The lowest BCUT2D eigenvalue weighted by Crippen LogP contribution is -2.15. The summed E-state index contributed by atoms with van der Waals surface area (Å²) in [6.07, 6.45) is -0.625. The summed E-state index contributed by atoms with van der Waals surface area (Å²) in [6, 6.07) is 4.57. The van der Waals surface area contributed by atoms with E-state index < -0.39 is 11.9 Å². The van der Waals surface area contributed by atoms with E-state index >= 15 is 0 Å². The van der Waals surface area contributed by atoms with Crippen molar-refractivity contribution in [1.82, 2.24) is 0 Å². The second-order valence-corrected chi connectivity index (χ2v) is 3.09. The quantitative estimate of drug-likeness (QED) is 0.761. The molecule has 3 nitrogen and oxygen atoms in total.